The summed E-state index contributed by atoms with van der Waals surface area (Å²) in [5.74, 6) is 0.776. The lowest BCUT2D eigenvalue weighted by Crippen LogP contribution is -2.04. The summed E-state index contributed by atoms with van der Waals surface area (Å²) in [5, 5.41) is 12.0. The molecule has 0 saturated carbocycles. The van der Waals surface area contributed by atoms with Crippen molar-refractivity contribution in [3.63, 3.8) is 0 Å². The molecule has 96 valence electrons. The summed E-state index contributed by atoms with van der Waals surface area (Å²) < 4.78 is 5.78. The molecule has 1 heterocycles. The minimum Gasteiger partial charge on any atom is -0.481 e. The molecule has 0 aromatic heterocycles. The first-order valence-electron chi connectivity index (χ1n) is 6.11. The van der Waals surface area contributed by atoms with Crippen LogP contribution in [0, 0.1) is 0 Å². The Labute approximate surface area is 110 Å². The van der Waals surface area contributed by atoms with Crippen LogP contribution in [0.15, 0.2) is 42.5 Å². The molecule has 0 amide bonds. The zero-order valence-corrected chi connectivity index (χ0v) is 10.2. The van der Waals surface area contributed by atoms with E-state index in [2.05, 4.69) is 5.32 Å². The number of ether oxygens (including phenoxy) is 1. The van der Waals surface area contributed by atoms with E-state index in [0.29, 0.717) is 6.42 Å². The Morgan fingerprint density at radius 2 is 1.89 bits per heavy atom. The molecule has 4 nitrogen and oxygen atoms in total. The van der Waals surface area contributed by atoms with Crippen molar-refractivity contribution in [2.75, 3.05) is 5.32 Å². The standard InChI is InChI=1S/C15H13NO3/c17-15(18)8-6-10-5-7-14-12(9-10)16-11-3-1-2-4-13(11)19-14/h1-5,7,9,16H,6,8H2,(H,17,18). The maximum Gasteiger partial charge on any atom is 0.303 e. The molecule has 0 bridgehead atoms. The Morgan fingerprint density at radius 1 is 1.11 bits per heavy atom. The summed E-state index contributed by atoms with van der Waals surface area (Å²) in [6.45, 7) is 0. The first-order valence-corrected chi connectivity index (χ1v) is 6.11. The molecule has 4 heteroatoms. The quantitative estimate of drug-likeness (QED) is 0.751. The van der Waals surface area contributed by atoms with Crippen LogP contribution in [0.3, 0.4) is 0 Å². The third-order valence-corrected chi connectivity index (χ3v) is 3.05. The first-order chi connectivity index (χ1) is 9.22. The van der Waals surface area contributed by atoms with Crippen LogP contribution in [0.2, 0.25) is 0 Å². The average molecular weight is 255 g/mol. The minimum atomic E-state index is -0.785. The molecule has 0 fully saturated rings. The number of carbonyl (C=O) groups is 1. The highest BCUT2D eigenvalue weighted by Crippen LogP contribution is 2.41. The zero-order valence-electron chi connectivity index (χ0n) is 10.2. The molecule has 19 heavy (non-hydrogen) atoms. The van der Waals surface area contributed by atoms with Gasteiger partial charge < -0.3 is 15.2 Å². The predicted molar refractivity (Wildman–Crippen MR) is 72.2 cm³/mol. The van der Waals surface area contributed by atoms with Crippen molar-refractivity contribution in [2.24, 2.45) is 0 Å². The number of nitrogens with one attached hydrogen (secondary N) is 1. The third-order valence-electron chi connectivity index (χ3n) is 3.05. The maximum absolute atomic E-state index is 10.6. The Morgan fingerprint density at radius 3 is 2.74 bits per heavy atom. The van der Waals surface area contributed by atoms with Crippen LogP contribution in [-0.4, -0.2) is 11.1 Å². The molecule has 2 aromatic carbocycles. The number of rotatable bonds is 3. The van der Waals surface area contributed by atoms with Gasteiger partial charge in [0, 0.05) is 6.42 Å². The Hall–Kier alpha value is -2.49. The summed E-state index contributed by atoms with van der Waals surface area (Å²) >= 11 is 0. The lowest BCUT2D eigenvalue weighted by Gasteiger charge is -2.22. The highest BCUT2D eigenvalue weighted by atomic mass is 16.5. The monoisotopic (exact) mass is 255 g/mol. The van der Waals surface area contributed by atoms with E-state index in [9.17, 15) is 4.79 Å². The molecular formula is C15H13NO3. The van der Waals surface area contributed by atoms with Crippen molar-refractivity contribution >= 4 is 17.3 Å². The first kappa shape index (κ1) is 11.6. The zero-order chi connectivity index (χ0) is 13.2. The second-order valence-electron chi connectivity index (χ2n) is 4.45. The van der Waals surface area contributed by atoms with Crippen molar-refractivity contribution in [3.8, 4) is 11.5 Å². The number of aliphatic carboxylic acids is 1. The molecule has 0 saturated heterocycles. The van der Waals surface area contributed by atoms with Gasteiger partial charge in [-0.05, 0) is 36.2 Å². The van der Waals surface area contributed by atoms with Gasteiger partial charge in [0.25, 0.3) is 0 Å². The van der Waals surface area contributed by atoms with Gasteiger partial charge in [0.1, 0.15) is 0 Å². The minimum absolute atomic E-state index is 0.135. The van der Waals surface area contributed by atoms with Gasteiger partial charge in [-0.3, -0.25) is 4.79 Å². The third kappa shape index (κ3) is 2.38. The maximum atomic E-state index is 10.6. The largest absolute Gasteiger partial charge is 0.481 e. The molecule has 0 atom stereocenters. The van der Waals surface area contributed by atoms with Crippen LogP contribution in [0.4, 0.5) is 11.4 Å². The Bertz CT molecular complexity index is 637. The molecule has 0 spiro atoms. The van der Waals surface area contributed by atoms with Crippen LogP contribution in [0.1, 0.15) is 12.0 Å². The number of para-hydroxylation sites is 2. The van der Waals surface area contributed by atoms with E-state index in [4.69, 9.17) is 9.84 Å². The highest BCUT2D eigenvalue weighted by Gasteiger charge is 2.15. The second-order valence-corrected chi connectivity index (χ2v) is 4.45. The Balaban J connectivity index is 1.85. The number of hydrogen-bond acceptors (Lipinski definition) is 3. The van der Waals surface area contributed by atoms with Crippen LogP contribution >= 0.6 is 0 Å². The van der Waals surface area contributed by atoms with Crippen LogP contribution in [0.25, 0.3) is 0 Å². The van der Waals surface area contributed by atoms with E-state index in [0.717, 1.165) is 28.4 Å². The van der Waals surface area contributed by atoms with Gasteiger partial charge in [-0.1, -0.05) is 18.2 Å². The lowest BCUT2D eigenvalue weighted by molar-refractivity contribution is -0.136. The number of aryl methyl sites for hydroxylation is 1. The number of benzene rings is 2. The molecule has 0 aliphatic carbocycles. The molecule has 2 N–H and O–H groups in total. The average Bonchev–Trinajstić information content (AvgIpc) is 2.42. The van der Waals surface area contributed by atoms with E-state index in [-0.39, 0.29) is 6.42 Å². The van der Waals surface area contributed by atoms with E-state index in [1.54, 1.807) is 0 Å². The van der Waals surface area contributed by atoms with E-state index in [1.807, 2.05) is 42.5 Å². The summed E-state index contributed by atoms with van der Waals surface area (Å²) in [4.78, 5) is 10.6. The fourth-order valence-electron chi connectivity index (χ4n) is 2.09. The molecular weight excluding hydrogens is 242 g/mol. The summed E-state index contributed by atoms with van der Waals surface area (Å²) in [7, 11) is 0. The van der Waals surface area contributed by atoms with Crippen LogP contribution in [-0.2, 0) is 11.2 Å². The van der Waals surface area contributed by atoms with Gasteiger partial charge in [0.2, 0.25) is 0 Å². The van der Waals surface area contributed by atoms with Crippen molar-refractivity contribution < 1.29 is 14.6 Å². The van der Waals surface area contributed by atoms with E-state index < -0.39 is 5.97 Å². The SMILES string of the molecule is O=C(O)CCc1ccc2c(c1)Nc1ccccc1O2. The molecule has 2 aromatic rings. The van der Waals surface area contributed by atoms with Gasteiger partial charge in [0.15, 0.2) is 11.5 Å². The van der Waals surface area contributed by atoms with Gasteiger partial charge in [-0.2, -0.15) is 0 Å². The summed E-state index contributed by atoms with van der Waals surface area (Å²) in [6.07, 6.45) is 0.655. The van der Waals surface area contributed by atoms with Crippen molar-refractivity contribution in [1.82, 2.24) is 0 Å². The molecule has 3 rings (SSSR count). The number of hydrogen-bond donors (Lipinski definition) is 2. The molecule has 0 radical (unpaired) electrons. The van der Waals surface area contributed by atoms with Crippen molar-refractivity contribution in [2.45, 2.75) is 12.8 Å². The highest BCUT2D eigenvalue weighted by molar-refractivity contribution is 5.76. The van der Waals surface area contributed by atoms with E-state index >= 15 is 0 Å². The van der Waals surface area contributed by atoms with E-state index in [1.165, 1.54) is 0 Å². The number of carboxylic acids is 1. The smallest absolute Gasteiger partial charge is 0.303 e. The number of carboxylic acid groups (broad SMARTS) is 1. The predicted octanol–water partition coefficient (Wildman–Crippen LogP) is 3.55. The molecule has 0 unspecified atom stereocenters. The van der Waals surface area contributed by atoms with Gasteiger partial charge in [0.05, 0.1) is 11.4 Å². The summed E-state index contributed by atoms with van der Waals surface area (Å²) in [5.41, 5.74) is 2.78. The van der Waals surface area contributed by atoms with Crippen LogP contribution < -0.4 is 10.1 Å². The lowest BCUT2D eigenvalue weighted by atomic mass is 10.1. The topological polar surface area (TPSA) is 58.6 Å². The van der Waals surface area contributed by atoms with Crippen molar-refractivity contribution in [1.29, 1.82) is 0 Å². The van der Waals surface area contributed by atoms with Crippen LogP contribution in [0.5, 0.6) is 11.5 Å². The number of anilines is 2. The fourth-order valence-corrected chi connectivity index (χ4v) is 2.09. The normalized spacial score (nSPS) is 11.8. The summed E-state index contributed by atoms with van der Waals surface area (Å²) in [6, 6.07) is 13.4. The van der Waals surface area contributed by atoms with Gasteiger partial charge >= 0.3 is 5.97 Å². The second kappa shape index (κ2) is 4.65. The van der Waals surface area contributed by atoms with Gasteiger partial charge in [-0.15, -0.1) is 0 Å². The fraction of sp³-hybridized carbons (Fsp3) is 0.133. The Kier molecular flexibility index (Phi) is 2.83. The van der Waals surface area contributed by atoms with Crippen molar-refractivity contribution in [3.05, 3.63) is 48.0 Å². The molecule has 1 aliphatic heterocycles. The van der Waals surface area contributed by atoms with Gasteiger partial charge in [-0.25, -0.2) is 0 Å². The molecule has 1 aliphatic rings. The number of fused-ring (bicyclic) bond motifs is 2.